The first-order chi connectivity index (χ1) is 12.4. The summed E-state index contributed by atoms with van der Waals surface area (Å²) in [6.45, 7) is 2.37. The van der Waals surface area contributed by atoms with E-state index in [0.717, 1.165) is 16.7 Å². The molecule has 3 aromatic rings. The first-order valence-corrected chi connectivity index (χ1v) is 8.42. The lowest BCUT2D eigenvalue weighted by atomic mass is 10.1. The summed E-state index contributed by atoms with van der Waals surface area (Å²) < 4.78 is 3.97. The lowest BCUT2D eigenvalue weighted by Crippen LogP contribution is -2.37. The van der Waals surface area contributed by atoms with Crippen molar-refractivity contribution in [3.8, 4) is 0 Å². The molecule has 0 aliphatic heterocycles. The van der Waals surface area contributed by atoms with Gasteiger partial charge in [-0.15, -0.1) is 0 Å². The maximum absolute atomic E-state index is 12.4. The van der Waals surface area contributed by atoms with E-state index in [9.17, 15) is 14.4 Å². The standard InChI is InChI=1S/C18H21N5O3/c1-4-12-5-7-13(8-6-12)20-14(24)9-10-23-11-19-16-15(23)17(25)22(3)18(26)21(16)2/h5-8,11H,4,9-10H2,1-3H3,(H,20,24). The van der Waals surface area contributed by atoms with E-state index in [2.05, 4.69) is 17.2 Å². The molecule has 0 aliphatic carbocycles. The summed E-state index contributed by atoms with van der Waals surface area (Å²) in [6.07, 6.45) is 2.61. The Morgan fingerprint density at radius 2 is 1.81 bits per heavy atom. The Balaban J connectivity index is 1.76. The molecule has 1 aromatic carbocycles. The highest BCUT2D eigenvalue weighted by molar-refractivity contribution is 5.90. The normalized spacial score (nSPS) is 11.0. The van der Waals surface area contributed by atoms with Crippen LogP contribution in [0.3, 0.4) is 0 Å². The molecule has 0 saturated carbocycles. The molecule has 0 bridgehead atoms. The zero-order chi connectivity index (χ0) is 18.8. The van der Waals surface area contributed by atoms with E-state index >= 15 is 0 Å². The van der Waals surface area contributed by atoms with Crippen LogP contribution in [0.25, 0.3) is 11.2 Å². The Labute approximate surface area is 149 Å². The van der Waals surface area contributed by atoms with Crippen molar-refractivity contribution in [1.82, 2.24) is 18.7 Å². The summed E-state index contributed by atoms with van der Waals surface area (Å²) in [5.41, 5.74) is 1.72. The smallest absolute Gasteiger partial charge is 0.326 e. The number of amides is 1. The van der Waals surface area contributed by atoms with Crippen molar-refractivity contribution in [2.24, 2.45) is 14.1 Å². The van der Waals surface area contributed by atoms with Crippen LogP contribution in [-0.4, -0.2) is 24.6 Å². The molecule has 1 N–H and O–H groups in total. The Hall–Kier alpha value is -3.16. The van der Waals surface area contributed by atoms with Crippen molar-refractivity contribution in [2.45, 2.75) is 26.3 Å². The summed E-state index contributed by atoms with van der Waals surface area (Å²) in [7, 11) is 2.99. The van der Waals surface area contributed by atoms with E-state index in [-0.39, 0.29) is 12.3 Å². The third kappa shape index (κ3) is 3.17. The predicted molar refractivity (Wildman–Crippen MR) is 99.3 cm³/mol. The molecule has 0 aliphatic rings. The molecule has 3 rings (SSSR count). The van der Waals surface area contributed by atoms with Crippen molar-refractivity contribution in [3.05, 3.63) is 57.0 Å². The molecule has 8 heteroatoms. The largest absolute Gasteiger partial charge is 0.332 e. The first-order valence-electron chi connectivity index (χ1n) is 8.42. The van der Waals surface area contributed by atoms with E-state index in [1.54, 1.807) is 11.6 Å². The van der Waals surface area contributed by atoms with Gasteiger partial charge in [0.1, 0.15) is 0 Å². The highest BCUT2D eigenvalue weighted by Crippen LogP contribution is 2.11. The number of carbonyl (C=O) groups is 1. The zero-order valence-corrected chi connectivity index (χ0v) is 15.0. The van der Waals surface area contributed by atoms with Crippen molar-refractivity contribution in [1.29, 1.82) is 0 Å². The van der Waals surface area contributed by atoms with Gasteiger partial charge < -0.3 is 9.88 Å². The van der Waals surface area contributed by atoms with E-state index < -0.39 is 11.2 Å². The molecule has 136 valence electrons. The molecular formula is C18H21N5O3. The number of anilines is 1. The highest BCUT2D eigenvalue weighted by Gasteiger charge is 2.14. The summed E-state index contributed by atoms with van der Waals surface area (Å²) in [5, 5.41) is 2.84. The second kappa shape index (κ2) is 6.99. The van der Waals surface area contributed by atoms with E-state index in [0.29, 0.717) is 17.7 Å². The number of imidazole rings is 1. The van der Waals surface area contributed by atoms with Crippen LogP contribution in [0.5, 0.6) is 0 Å². The summed E-state index contributed by atoms with van der Waals surface area (Å²) in [6, 6.07) is 7.69. The van der Waals surface area contributed by atoms with Gasteiger partial charge in [-0.2, -0.15) is 0 Å². The molecule has 0 spiro atoms. The number of nitrogens with zero attached hydrogens (tertiary/aromatic N) is 4. The number of fused-ring (bicyclic) bond motifs is 1. The zero-order valence-electron chi connectivity index (χ0n) is 15.0. The van der Waals surface area contributed by atoms with Gasteiger partial charge in [0.15, 0.2) is 11.2 Å². The Kier molecular flexibility index (Phi) is 4.75. The number of benzene rings is 1. The van der Waals surface area contributed by atoms with Crippen LogP contribution in [-0.2, 0) is 31.9 Å². The Morgan fingerprint density at radius 1 is 1.12 bits per heavy atom. The lowest BCUT2D eigenvalue weighted by molar-refractivity contribution is -0.116. The van der Waals surface area contributed by atoms with Gasteiger partial charge in [-0.3, -0.25) is 18.7 Å². The fraction of sp³-hybridized carbons (Fsp3) is 0.333. The van der Waals surface area contributed by atoms with Gasteiger partial charge in [-0.1, -0.05) is 19.1 Å². The summed E-state index contributed by atoms with van der Waals surface area (Å²) >= 11 is 0. The maximum Gasteiger partial charge on any atom is 0.332 e. The average Bonchev–Trinajstić information content (AvgIpc) is 3.07. The van der Waals surface area contributed by atoms with Gasteiger partial charge >= 0.3 is 5.69 Å². The molecule has 2 heterocycles. The van der Waals surface area contributed by atoms with Crippen LogP contribution < -0.4 is 16.6 Å². The molecule has 2 aromatic heterocycles. The monoisotopic (exact) mass is 355 g/mol. The molecular weight excluding hydrogens is 334 g/mol. The third-order valence-corrected chi connectivity index (χ3v) is 4.44. The molecule has 0 unspecified atom stereocenters. The molecule has 8 nitrogen and oxygen atoms in total. The summed E-state index contributed by atoms with van der Waals surface area (Å²) in [4.78, 5) is 40.6. The van der Waals surface area contributed by atoms with Crippen molar-refractivity contribution >= 4 is 22.8 Å². The SMILES string of the molecule is CCc1ccc(NC(=O)CCn2cnc3c2c(=O)n(C)c(=O)n3C)cc1. The van der Waals surface area contributed by atoms with Crippen LogP contribution in [0.4, 0.5) is 5.69 Å². The lowest BCUT2D eigenvalue weighted by Gasteiger charge is -2.08. The average molecular weight is 355 g/mol. The van der Waals surface area contributed by atoms with Crippen LogP contribution in [0, 0.1) is 0 Å². The number of aromatic nitrogens is 4. The predicted octanol–water partition coefficient (Wildman–Crippen LogP) is 1.02. The van der Waals surface area contributed by atoms with Crippen LogP contribution in [0.15, 0.2) is 40.2 Å². The minimum absolute atomic E-state index is 0.155. The number of hydrogen-bond donors (Lipinski definition) is 1. The minimum Gasteiger partial charge on any atom is -0.326 e. The second-order valence-corrected chi connectivity index (χ2v) is 6.16. The van der Waals surface area contributed by atoms with Crippen LogP contribution >= 0.6 is 0 Å². The molecule has 0 atom stereocenters. The topological polar surface area (TPSA) is 90.9 Å². The van der Waals surface area contributed by atoms with Crippen molar-refractivity contribution in [2.75, 3.05) is 5.32 Å². The fourth-order valence-electron chi connectivity index (χ4n) is 2.84. The molecule has 0 saturated heterocycles. The Bertz CT molecular complexity index is 1070. The summed E-state index contributed by atoms with van der Waals surface area (Å²) in [5.74, 6) is -0.155. The van der Waals surface area contributed by atoms with Gasteiger partial charge in [0, 0.05) is 32.7 Å². The maximum atomic E-state index is 12.4. The van der Waals surface area contributed by atoms with E-state index in [1.165, 1.54) is 23.5 Å². The number of nitrogens with one attached hydrogen (secondary N) is 1. The highest BCUT2D eigenvalue weighted by atomic mass is 16.2. The molecule has 26 heavy (non-hydrogen) atoms. The van der Waals surface area contributed by atoms with Crippen LogP contribution in [0.2, 0.25) is 0 Å². The Morgan fingerprint density at radius 3 is 2.46 bits per heavy atom. The minimum atomic E-state index is -0.430. The number of rotatable bonds is 5. The number of carbonyl (C=O) groups excluding carboxylic acids is 1. The number of hydrogen-bond acceptors (Lipinski definition) is 4. The first kappa shape index (κ1) is 17.7. The molecule has 0 radical (unpaired) electrons. The molecule has 0 fully saturated rings. The number of aryl methyl sites for hydroxylation is 3. The van der Waals surface area contributed by atoms with Crippen LogP contribution in [0.1, 0.15) is 18.9 Å². The van der Waals surface area contributed by atoms with Gasteiger partial charge in [0.05, 0.1) is 6.33 Å². The fourth-order valence-corrected chi connectivity index (χ4v) is 2.84. The molecule has 1 amide bonds. The quantitative estimate of drug-likeness (QED) is 0.740. The van der Waals surface area contributed by atoms with Crippen molar-refractivity contribution in [3.63, 3.8) is 0 Å². The van der Waals surface area contributed by atoms with E-state index in [1.807, 2.05) is 24.3 Å². The van der Waals surface area contributed by atoms with Crippen molar-refractivity contribution < 1.29 is 4.79 Å². The second-order valence-electron chi connectivity index (χ2n) is 6.16. The van der Waals surface area contributed by atoms with E-state index in [4.69, 9.17) is 0 Å². The third-order valence-electron chi connectivity index (χ3n) is 4.44. The van der Waals surface area contributed by atoms with Gasteiger partial charge in [0.25, 0.3) is 5.56 Å². The van der Waals surface area contributed by atoms with Gasteiger partial charge in [-0.25, -0.2) is 9.78 Å². The van der Waals surface area contributed by atoms with Gasteiger partial charge in [-0.05, 0) is 24.1 Å². The van der Waals surface area contributed by atoms with Gasteiger partial charge in [0.2, 0.25) is 5.91 Å².